The Labute approximate surface area is 145 Å². The average molecular weight is 339 g/mol. The SMILES string of the molecule is CN1C(=O)C[C@@H](CNC(=O)c2cc(C3CC3)[nH]n2)[C@@H]1c1cccnc1. The van der Waals surface area contributed by atoms with Gasteiger partial charge in [-0.25, -0.2) is 0 Å². The quantitative estimate of drug-likeness (QED) is 0.866. The Bertz CT molecular complexity index is 784. The number of nitrogens with one attached hydrogen (secondary N) is 2. The molecule has 1 aliphatic heterocycles. The number of nitrogens with zero attached hydrogens (tertiary/aromatic N) is 3. The van der Waals surface area contributed by atoms with Crippen LogP contribution in [0.15, 0.2) is 30.6 Å². The molecular formula is C18H21N5O2. The predicted molar refractivity (Wildman–Crippen MR) is 90.8 cm³/mol. The van der Waals surface area contributed by atoms with E-state index in [0.717, 1.165) is 24.1 Å². The third kappa shape index (κ3) is 3.14. The third-order valence-electron chi connectivity index (χ3n) is 5.09. The molecule has 4 rings (SSSR count). The van der Waals surface area contributed by atoms with Gasteiger partial charge in [-0.15, -0.1) is 0 Å². The van der Waals surface area contributed by atoms with Crippen molar-refractivity contribution in [2.24, 2.45) is 5.92 Å². The first-order valence-electron chi connectivity index (χ1n) is 8.62. The number of carbonyl (C=O) groups excluding carboxylic acids is 2. The molecule has 2 N–H and O–H groups in total. The summed E-state index contributed by atoms with van der Waals surface area (Å²) in [6.45, 7) is 0.431. The molecule has 2 aromatic heterocycles. The van der Waals surface area contributed by atoms with E-state index >= 15 is 0 Å². The van der Waals surface area contributed by atoms with Crippen LogP contribution in [-0.2, 0) is 4.79 Å². The van der Waals surface area contributed by atoms with Gasteiger partial charge in [-0.2, -0.15) is 5.10 Å². The van der Waals surface area contributed by atoms with E-state index < -0.39 is 0 Å². The van der Waals surface area contributed by atoms with Gasteiger partial charge in [0.15, 0.2) is 0 Å². The van der Waals surface area contributed by atoms with Gasteiger partial charge in [-0.1, -0.05) is 6.07 Å². The number of H-pyrrole nitrogens is 1. The number of aromatic amines is 1. The molecular weight excluding hydrogens is 318 g/mol. The van der Waals surface area contributed by atoms with Crippen LogP contribution in [0.5, 0.6) is 0 Å². The van der Waals surface area contributed by atoms with Crippen LogP contribution in [0, 0.1) is 5.92 Å². The highest BCUT2D eigenvalue weighted by atomic mass is 16.2. The molecule has 2 aliphatic rings. The first kappa shape index (κ1) is 15.8. The van der Waals surface area contributed by atoms with Crippen molar-refractivity contribution in [1.82, 2.24) is 25.4 Å². The molecule has 3 heterocycles. The van der Waals surface area contributed by atoms with E-state index in [1.165, 1.54) is 0 Å². The monoisotopic (exact) mass is 339 g/mol. The van der Waals surface area contributed by atoms with Gasteiger partial charge in [0.25, 0.3) is 5.91 Å². The second-order valence-corrected chi connectivity index (χ2v) is 6.89. The minimum absolute atomic E-state index is 0.0208. The molecule has 0 bridgehead atoms. The smallest absolute Gasteiger partial charge is 0.271 e. The summed E-state index contributed by atoms with van der Waals surface area (Å²) in [5.41, 5.74) is 2.44. The lowest BCUT2D eigenvalue weighted by Gasteiger charge is -2.25. The molecule has 1 saturated carbocycles. The highest BCUT2D eigenvalue weighted by Crippen LogP contribution is 2.39. The molecule has 0 spiro atoms. The molecule has 1 saturated heterocycles. The van der Waals surface area contributed by atoms with Gasteiger partial charge in [-0.3, -0.25) is 19.7 Å². The number of likely N-dealkylation sites (tertiary alicyclic amines) is 1. The summed E-state index contributed by atoms with van der Waals surface area (Å²) in [6, 6.07) is 5.60. The summed E-state index contributed by atoms with van der Waals surface area (Å²) < 4.78 is 0. The topological polar surface area (TPSA) is 91.0 Å². The molecule has 0 unspecified atom stereocenters. The zero-order valence-electron chi connectivity index (χ0n) is 14.1. The van der Waals surface area contributed by atoms with E-state index in [0.29, 0.717) is 24.6 Å². The average Bonchev–Trinajstić information content (AvgIpc) is 3.29. The second-order valence-electron chi connectivity index (χ2n) is 6.89. The van der Waals surface area contributed by atoms with Crippen molar-refractivity contribution in [2.75, 3.05) is 13.6 Å². The van der Waals surface area contributed by atoms with Gasteiger partial charge < -0.3 is 10.2 Å². The fourth-order valence-corrected chi connectivity index (χ4v) is 3.55. The zero-order valence-corrected chi connectivity index (χ0v) is 14.1. The van der Waals surface area contributed by atoms with Crippen LogP contribution in [-0.4, -0.2) is 45.5 Å². The fraction of sp³-hybridized carbons (Fsp3) is 0.444. The van der Waals surface area contributed by atoms with Gasteiger partial charge in [0.1, 0.15) is 5.69 Å². The summed E-state index contributed by atoms with van der Waals surface area (Å²) in [5, 5.41) is 9.98. The van der Waals surface area contributed by atoms with E-state index in [9.17, 15) is 9.59 Å². The van der Waals surface area contributed by atoms with E-state index in [1.54, 1.807) is 24.3 Å². The van der Waals surface area contributed by atoms with Crippen molar-refractivity contribution < 1.29 is 9.59 Å². The van der Waals surface area contributed by atoms with Crippen molar-refractivity contribution in [3.8, 4) is 0 Å². The molecule has 0 radical (unpaired) electrons. The van der Waals surface area contributed by atoms with Crippen molar-refractivity contribution >= 4 is 11.8 Å². The lowest BCUT2D eigenvalue weighted by molar-refractivity contribution is -0.127. The largest absolute Gasteiger partial charge is 0.350 e. The highest BCUT2D eigenvalue weighted by Gasteiger charge is 2.38. The summed E-state index contributed by atoms with van der Waals surface area (Å²) in [7, 11) is 1.80. The van der Waals surface area contributed by atoms with E-state index in [4.69, 9.17) is 0 Å². The summed E-state index contributed by atoms with van der Waals surface area (Å²) in [5.74, 6) is 0.441. The number of rotatable bonds is 5. The highest BCUT2D eigenvalue weighted by molar-refractivity contribution is 5.92. The van der Waals surface area contributed by atoms with E-state index in [-0.39, 0.29) is 23.8 Å². The first-order chi connectivity index (χ1) is 12.1. The summed E-state index contributed by atoms with van der Waals surface area (Å²) in [4.78, 5) is 30.4. The molecule has 130 valence electrons. The maximum Gasteiger partial charge on any atom is 0.271 e. The van der Waals surface area contributed by atoms with Crippen LogP contribution in [0.3, 0.4) is 0 Å². The van der Waals surface area contributed by atoms with Crippen molar-refractivity contribution in [3.63, 3.8) is 0 Å². The Morgan fingerprint density at radius 2 is 2.28 bits per heavy atom. The molecule has 2 atom stereocenters. The fourth-order valence-electron chi connectivity index (χ4n) is 3.55. The first-order valence-corrected chi connectivity index (χ1v) is 8.62. The van der Waals surface area contributed by atoms with Crippen LogP contribution in [0.25, 0.3) is 0 Å². The lowest BCUT2D eigenvalue weighted by Crippen LogP contribution is -2.32. The van der Waals surface area contributed by atoms with Crippen LogP contribution in [0.1, 0.15) is 53.0 Å². The third-order valence-corrected chi connectivity index (χ3v) is 5.09. The van der Waals surface area contributed by atoms with Gasteiger partial charge in [0.2, 0.25) is 5.91 Å². The standard InChI is InChI=1S/C18H21N5O2/c1-23-16(24)7-13(17(23)12-3-2-6-19-9-12)10-20-18(25)15-8-14(21-22-15)11-4-5-11/h2-3,6,8-9,11,13,17H,4-5,7,10H2,1H3,(H,20,25)(H,21,22)/t13-,17-/m0/s1. The molecule has 2 aromatic rings. The summed E-state index contributed by atoms with van der Waals surface area (Å²) >= 11 is 0. The number of hydrogen-bond donors (Lipinski definition) is 2. The van der Waals surface area contributed by atoms with Gasteiger partial charge in [0.05, 0.1) is 6.04 Å². The van der Waals surface area contributed by atoms with E-state index in [2.05, 4.69) is 20.5 Å². The Morgan fingerprint density at radius 1 is 1.44 bits per heavy atom. The molecule has 0 aromatic carbocycles. The molecule has 2 amide bonds. The molecule has 2 fully saturated rings. The molecule has 7 heteroatoms. The van der Waals surface area contributed by atoms with Crippen LogP contribution in [0.2, 0.25) is 0 Å². The van der Waals surface area contributed by atoms with Crippen LogP contribution in [0.4, 0.5) is 0 Å². The van der Waals surface area contributed by atoms with Crippen molar-refractivity contribution in [2.45, 2.75) is 31.2 Å². The zero-order chi connectivity index (χ0) is 17.4. The molecule has 1 aliphatic carbocycles. The maximum absolute atomic E-state index is 12.4. The summed E-state index contributed by atoms with van der Waals surface area (Å²) in [6.07, 6.45) is 6.24. The van der Waals surface area contributed by atoms with Crippen molar-refractivity contribution in [1.29, 1.82) is 0 Å². The Balaban J connectivity index is 1.43. The van der Waals surface area contributed by atoms with Crippen LogP contribution >= 0.6 is 0 Å². The predicted octanol–water partition coefficient (Wildman–Crippen LogP) is 1.63. The molecule has 25 heavy (non-hydrogen) atoms. The number of amides is 2. The van der Waals surface area contributed by atoms with Gasteiger partial charge in [-0.05, 0) is 30.5 Å². The molecule has 7 nitrogen and oxygen atoms in total. The number of hydrogen-bond acceptors (Lipinski definition) is 4. The van der Waals surface area contributed by atoms with Gasteiger partial charge in [0, 0.05) is 49.9 Å². The normalized spacial score (nSPS) is 23.1. The van der Waals surface area contributed by atoms with E-state index in [1.807, 2.05) is 18.2 Å². The Hall–Kier alpha value is -2.70. The Kier molecular flexibility index (Phi) is 3.99. The lowest BCUT2D eigenvalue weighted by atomic mass is 9.94. The number of pyridine rings is 1. The number of carbonyl (C=O) groups is 2. The minimum atomic E-state index is -0.199. The van der Waals surface area contributed by atoms with Crippen LogP contribution < -0.4 is 5.32 Å². The minimum Gasteiger partial charge on any atom is -0.350 e. The van der Waals surface area contributed by atoms with Gasteiger partial charge >= 0.3 is 0 Å². The second kappa shape index (κ2) is 6.31. The Morgan fingerprint density at radius 3 is 3.00 bits per heavy atom. The maximum atomic E-state index is 12.4. The van der Waals surface area contributed by atoms with Crippen molar-refractivity contribution in [3.05, 3.63) is 47.5 Å². The number of aromatic nitrogens is 3.